The molecule has 0 atom stereocenters. The van der Waals surface area contributed by atoms with E-state index in [2.05, 4.69) is 45.0 Å². The molecule has 0 spiro atoms. The zero-order valence-corrected chi connectivity index (χ0v) is 6.89. The Kier molecular flexibility index (Phi) is 5.07. The summed E-state index contributed by atoms with van der Waals surface area (Å²) >= 11 is 0. The van der Waals surface area contributed by atoms with E-state index in [1.165, 1.54) is 11.1 Å². The summed E-state index contributed by atoms with van der Waals surface area (Å²) in [5.74, 6) is 0.653. The third-order valence-electron chi connectivity index (χ3n) is 1.74. The van der Waals surface area contributed by atoms with Gasteiger partial charge in [-0.1, -0.05) is 43.7 Å². The maximum atomic E-state index is 2.21. The predicted octanol–water partition coefficient (Wildman–Crippen LogP) is 2.47. The fourth-order valence-electron chi connectivity index (χ4n) is 0.951. The van der Waals surface area contributed by atoms with Crippen molar-refractivity contribution in [3.63, 3.8) is 0 Å². The Labute approximate surface area is 91.3 Å². The van der Waals surface area contributed by atoms with Crippen LogP contribution in [0.5, 0.6) is 0 Å². The number of rotatable bonds is 1. The van der Waals surface area contributed by atoms with Gasteiger partial charge < -0.3 is 0 Å². The molecule has 11 heavy (non-hydrogen) atoms. The molecule has 0 aromatic heterocycles. The molecule has 0 amide bonds. The van der Waals surface area contributed by atoms with Gasteiger partial charge in [-0.3, -0.25) is 0 Å². The molecule has 0 radical (unpaired) electrons. The summed E-state index contributed by atoms with van der Waals surface area (Å²) in [6, 6.07) is 8.71. The summed E-state index contributed by atoms with van der Waals surface area (Å²) in [4.78, 5) is 0. The summed E-state index contributed by atoms with van der Waals surface area (Å²) in [5, 5.41) is 0. The van der Waals surface area contributed by atoms with Crippen molar-refractivity contribution in [1.29, 1.82) is 0 Å². The average molecular weight is 158 g/mol. The van der Waals surface area contributed by atoms with Gasteiger partial charge in [-0.15, -0.1) is 0 Å². The first-order chi connectivity index (χ1) is 4.70. The first kappa shape index (κ1) is 11.2. The van der Waals surface area contributed by atoms with E-state index >= 15 is 0 Å². The summed E-state index contributed by atoms with van der Waals surface area (Å²) in [6.45, 7) is 6.54. The van der Waals surface area contributed by atoms with Gasteiger partial charge in [-0.2, -0.15) is 0 Å². The second-order valence-corrected chi connectivity index (χ2v) is 3.07. The molecule has 0 aliphatic carbocycles. The van der Waals surface area contributed by atoms with Crippen molar-refractivity contribution in [1.82, 2.24) is 0 Å². The second kappa shape index (κ2) is 4.97. The van der Waals surface area contributed by atoms with Gasteiger partial charge in [0.2, 0.25) is 0 Å². The molecule has 0 bridgehead atoms. The van der Waals surface area contributed by atoms with Gasteiger partial charge in [0.05, 0.1) is 0 Å². The second-order valence-electron chi connectivity index (χ2n) is 3.07. The van der Waals surface area contributed by atoms with E-state index < -0.39 is 0 Å². The van der Waals surface area contributed by atoms with Gasteiger partial charge >= 0.3 is 29.6 Å². The first-order valence-electron chi connectivity index (χ1n) is 3.76. The van der Waals surface area contributed by atoms with Crippen LogP contribution in [0.3, 0.4) is 0 Å². The molecular formula is C10H15Na. The van der Waals surface area contributed by atoms with Crippen LogP contribution in [0, 0.1) is 6.92 Å². The third-order valence-corrected chi connectivity index (χ3v) is 1.74. The van der Waals surface area contributed by atoms with Gasteiger partial charge in [-0.25, -0.2) is 0 Å². The molecule has 56 valence electrons. The molecule has 1 aromatic carbocycles. The number of hydrogen-bond donors (Lipinski definition) is 0. The van der Waals surface area contributed by atoms with Crippen LogP contribution < -0.4 is 0 Å². The summed E-state index contributed by atoms with van der Waals surface area (Å²) in [6.07, 6.45) is 0. The van der Waals surface area contributed by atoms with E-state index in [0.29, 0.717) is 5.92 Å². The maximum absolute atomic E-state index is 2.21. The molecular weight excluding hydrogens is 143 g/mol. The number of benzene rings is 1. The minimum absolute atomic E-state index is 0. The van der Waals surface area contributed by atoms with Crippen LogP contribution in [0.2, 0.25) is 0 Å². The SMILES string of the molecule is Cc1ccc(C(C)C)cc1.[NaH]. The van der Waals surface area contributed by atoms with Crippen molar-refractivity contribution in [3.05, 3.63) is 35.4 Å². The quantitative estimate of drug-likeness (QED) is 0.551. The monoisotopic (exact) mass is 158 g/mol. The standard InChI is InChI=1S/C10H14.Na.H/c1-8(2)10-6-4-9(3)5-7-10;;/h4-8H,1-3H3;;. The molecule has 1 rings (SSSR count). The minimum atomic E-state index is 0. The van der Waals surface area contributed by atoms with E-state index in [4.69, 9.17) is 0 Å². The van der Waals surface area contributed by atoms with E-state index in [9.17, 15) is 0 Å². The van der Waals surface area contributed by atoms with Gasteiger partial charge in [0, 0.05) is 0 Å². The molecule has 0 saturated carbocycles. The van der Waals surface area contributed by atoms with Crippen LogP contribution in [-0.4, -0.2) is 29.6 Å². The zero-order chi connectivity index (χ0) is 7.56. The number of hydrogen-bond acceptors (Lipinski definition) is 0. The molecule has 0 aliphatic heterocycles. The van der Waals surface area contributed by atoms with Crippen molar-refractivity contribution >= 4 is 29.6 Å². The molecule has 1 aromatic rings. The summed E-state index contributed by atoms with van der Waals surface area (Å²) in [5.41, 5.74) is 2.76. The fraction of sp³-hybridized carbons (Fsp3) is 0.400. The van der Waals surface area contributed by atoms with Crippen molar-refractivity contribution in [2.45, 2.75) is 26.7 Å². The van der Waals surface area contributed by atoms with E-state index in [-0.39, 0.29) is 29.6 Å². The zero-order valence-electron chi connectivity index (χ0n) is 6.89. The van der Waals surface area contributed by atoms with Gasteiger partial charge in [0.1, 0.15) is 0 Å². The Bertz CT molecular complexity index is 199. The van der Waals surface area contributed by atoms with Crippen molar-refractivity contribution in [3.8, 4) is 0 Å². The van der Waals surface area contributed by atoms with Crippen LogP contribution in [0.25, 0.3) is 0 Å². The molecule has 0 heterocycles. The van der Waals surface area contributed by atoms with Crippen molar-refractivity contribution in [2.75, 3.05) is 0 Å². The Hall–Kier alpha value is 0.220. The Morgan fingerprint density at radius 2 is 1.45 bits per heavy atom. The Balaban J connectivity index is 0.000001000. The van der Waals surface area contributed by atoms with Gasteiger partial charge in [-0.05, 0) is 18.4 Å². The third kappa shape index (κ3) is 3.42. The normalized spacial score (nSPS) is 9.45. The molecule has 0 saturated heterocycles. The summed E-state index contributed by atoms with van der Waals surface area (Å²) in [7, 11) is 0. The van der Waals surface area contributed by atoms with Crippen LogP contribution in [0.4, 0.5) is 0 Å². The molecule has 0 unspecified atom stereocenters. The molecule has 0 fully saturated rings. The molecule has 0 nitrogen and oxygen atoms in total. The summed E-state index contributed by atoms with van der Waals surface area (Å²) < 4.78 is 0. The predicted molar refractivity (Wildman–Crippen MR) is 52.4 cm³/mol. The van der Waals surface area contributed by atoms with Crippen molar-refractivity contribution in [2.24, 2.45) is 0 Å². The van der Waals surface area contributed by atoms with Crippen LogP contribution in [0.1, 0.15) is 30.9 Å². The van der Waals surface area contributed by atoms with Gasteiger partial charge in [0.25, 0.3) is 0 Å². The topological polar surface area (TPSA) is 0 Å². The first-order valence-corrected chi connectivity index (χ1v) is 3.76. The van der Waals surface area contributed by atoms with Crippen LogP contribution >= 0.6 is 0 Å². The van der Waals surface area contributed by atoms with E-state index in [1.807, 2.05) is 0 Å². The van der Waals surface area contributed by atoms with Gasteiger partial charge in [0.15, 0.2) is 0 Å². The van der Waals surface area contributed by atoms with Crippen molar-refractivity contribution < 1.29 is 0 Å². The number of aryl methyl sites for hydroxylation is 1. The Morgan fingerprint density at radius 1 is 1.00 bits per heavy atom. The van der Waals surface area contributed by atoms with E-state index in [0.717, 1.165) is 0 Å². The fourth-order valence-corrected chi connectivity index (χ4v) is 0.951. The van der Waals surface area contributed by atoms with Crippen LogP contribution in [-0.2, 0) is 0 Å². The van der Waals surface area contributed by atoms with E-state index in [1.54, 1.807) is 0 Å². The molecule has 0 N–H and O–H groups in total. The molecule has 1 heteroatoms. The average Bonchev–Trinajstić information content (AvgIpc) is 1.88. The Morgan fingerprint density at radius 3 is 1.82 bits per heavy atom. The molecule has 0 aliphatic rings. The van der Waals surface area contributed by atoms with Crippen LogP contribution in [0.15, 0.2) is 24.3 Å².